The van der Waals surface area contributed by atoms with Gasteiger partial charge >= 0.3 is 0 Å². The maximum absolute atomic E-state index is 5.04. The van der Waals surface area contributed by atoms with E-state index in [-0.39, 0.29) is 12.4 Å². The van der Waals surface area contributed by atoms with E-state index in [0.29, 0.717) is 30.7 Å². The highest BCUT2D eigenvalue weighted by Gasteiger charge is 2.09. The third-order valence-electron chi connectivity index (χ3n) is 1.94. The molecule has 0 saturated carbocycles. The standard InChI is InChI=1S/C9H13N5O2.ClH/c1-15-5-4-10-6-7-13-9(14-16-7)8-11-2-3-12-8;/h2-3,10H,4-6H2,1H3,(H,11,12);1H. The van der Waals surface area contributed by atoms with Gasteiger partial charge in [0.05, 0.1) is 13.2 Å². The molecule has 0 saturated heterocycles. The highest BCUT2D eigenvalue weighted by molar-refractivity contribution is 5.85. The van der Waals surface area contributed by atoms with Crippen molar-refractivity contribution in [1.82, 2.24) is 25.4 Å². The summed E-state index contributed by atoms with van der Waals surface area (Å²) in [6, 6.07) is 0. The van der Waals surface area contributed by atoms with Gasteiger partial charge in [-0.25, -0.2) is 4.98 Å². The van der Waals surface area contributed by atoms with Crippen molar-refractivity contribution in [2.45, 2.75) is 6.54 Å². The van der Waals surface area contributed by atoms with Gasteiger partial charge in [-0.15, -0.1) is 12.4 Å². The maximum Gasteiger partial charge on any atom is 0.241 e. The number of aromatic nitrogens is 4. The minimum Gasteiger partial charge on any atom is -0.383 e. The van der Waals surface area contributed by atoms with Crippen LogP contribution < -0.4 is 5.32 Å². The number of nitrogens with one attached hydrogen (secondary N) is 2. The molecule has 0 unspecified atom stereocenters. The van der Waals surface area contributed by atoms with Gasteiger partial charge in [-0.1, -0.05) is 5.16 Å². The summed E-state index contributed by atoms with van der Waals surface area (Å²) in [5.41, 5.74) is 0. The van der Waals surface area contributed by atoms with E-state index in [2.05, 4.69) is 25.4 Å². The van der Waals surface area contributed by atoms with Crippen LogP contribution in [0.25, 0.3) is 11.6 Å². The van der Waals surface area contributed by atoms with Crippen LogP contribution in [0.15, 0.2) is 16.9 Å². The van der Waals surface area contributed by atoms with E-state index in [9.17, 15) is 0 Å². The van der Waals surface area contributed by atoms with Gasteiger partial charge in [-0.2, -0.15) is 4.98 Å². The number of aromatic amines is 1. The van der Waals surface area contributed by atoms with Crippen molar-refractivity contribution in [3.8, 4) is 11.6 Å². The van der Waals surface area contributed by atoms with Crippen molar-refractivity contribution in [1.29, 1.82) is 0 Å². The largest absolute Gasteiger partial charge is 0.383 e. The molecule has 0 bridgehead atoms. The zero-order valence-electron chi connectivity index (χ0n) is 9.34. The first-order chi connectivity index (χ1) is 7.90. The molecule has 2 N–H and O–H groups in total. The minimum atomic E-state index is 0. The van der Waals surface area contributed by atoms with E-state index in [4.69, 9.17) is 9.26 Å². The highest BCUT2D eigenvalue weighted by atomic mass is 35.5. The number of rotatable bonds is 6. The molecule has 0 amide bonds. The van der Waals surface area contributed by atoms with Crippen LogP contribution >= 0.6 is 12.4 Å². The molecule has 8 heteroatoms. The van der Waals surface area contributed by atoms with Crippen LogP contribution in [0.1, 0.15) is 5.89 Å². The van der Waals surface area contributed by atoms with Crippen molar-refractivity contribution < 1.29 is 9.26 Å². The molecule has 2 aromatic heterocycles. The van der Waals surface area contributed by atoms with Gasteiger partial charge in [-0.3, -0.25) is 0 Å². The number of H-pyrrole nitrogens is 1. The summed E-state index contributed by atoms with van der Waals surface area (Å²) >= 11 is 0. The van der Waals surface area contributed by atoms with E-state index in [1.54, 1.807) is 19.5 Å². The summed E-state index contributed by atoms with van der Waals surface area (Å²) < 4.78 is 9.94. The fourth-order valence-corrected chi connectivity index (χ4v) is 1.18. The number of nitrogens with zero attached hydrogens (tertiary/aromatic N) is 3. The summed E-state index contributed by atoms with van der Waals surface area (Å²) in [4.78, 5) is 11.1. The van der Waals surface area contributed by atoms with E-state index in [0.717, 1.165) is 6.54 Å². The quantitative estimate of drug-likeness (QED) is 0.739. The van der Waals surface area contributed by atoms with E-state index in [1.165, 1.54) is 0 Å². The second-order valence-corrected chi connectivity index (χ2v) is 3.12. The van der Waals surface area contributed by atoms with Crippen LogP contribution in [-0.2, 0) is 11.3 Å². The second-order valence-electron chi connectivity index (χ2n) is 3.12. The van der Waals surface area contributed by atoms with Crippen LogP contribution in [0, 0.1) is 0 Å². The Morgan fingerprint density at radius 2 is 2.41 bits per heavy atom. The second kappa shape index (κ2) is 7.00. The van der Waals surface area contributed by atoms with E-state index >= 15 is 0 Å². The van der Waals surface area contributed by atoms with Crippen molar-refractivity contribution in [2.75, 3.05) is 20.3 Å². The summed E-state index contributed by atoms with van der Waals surface area (Å²) in [6.07, 6.45) is 3.35. The Morgan fingerprint density at radius 3 is 3.12 bits per heavy atom. The maximum atomic E-state index is 5.04. The van der Waals surface area contributed by atoms with Crippen LogP contribution in [0.2, 0.25) is 0 Å². The molecule has 94 valence electrons. The van der Waals surface area contributed by atoms with Crippen LogP contribution in [0.4, 0.5) is 0 Å². The van der Waals surface area contributed by atoms with Gasteiger partial charge in [-0.05, 0) is 0 Å². The Bertz CT molecular complexity index is 417. The minimum absolute atomic E-state index is 0. The lowest BCUT2D eigenvalue weighted by Crippen LogP contribution is -2.18. The van der Waals surface area contributed by atoms with Gasteiger partial charge in [0.2, 0.25) is 11.7 Å². The number of hydrogen-bond acceptors (Lipinski definition) is 6. The van der Waals surface area contributed by atoms with Gasteiger partial charge < -0.3 is 19.6 Å². The first kappa shape index (κ1) is 13.6. The third kappa shape index (κ3) is 3.81. The summed E-state index contributed by atoms with van der Waals surface area (Å²) in [5, 5.41) is 6.92. The van der Waals surface area contributed by atoms with E-state index in [1.807, 2.05) is 0 Å². The van der Waals surface area contributed by atoms with E-state index < -0.39 is 0 Å². The van der Waals surface area contributed by atoms with Crippen molar-refractivity contribution in [3.05, 3.63) is 18.3 Å². The first-order valence-corrected chi connectivity index (χ1v) is 4.92. The molecule has 0 atom stereocenters. The Kier molecular flexibility index (Phi) is 5.61. The van der Waals surface area contributed by atoms with Crippen LogP contribution in [0.5, 0.6) is 0 Å². The third-order valence-corrected chi connectivity index (χ3v) is 1.94. The molecule has 0 spiro atoms. The first-order valence-electron chi connectivity index (χ1n) is 4.92. The fourth-order valence-electron chi connectivity index (χ4n) is 1.18. The molecule has 2 heterocycles. The lowest BCUT2D eigenvalue weighted by atomic mass is 10.5. The number of hydrogen-bond donors (Lipinski definition) is 2. The average Bonchev–Trinajstić information content (AvgIpc) is 2.94. The van der Waals surface area contributed by atoms with Gasteiger partial charge in [0.1, 0.15) is 0 Å². The number of imidazole rings is 1. The lowest BCUT2D eigenvalue weighted by molar-refractivity contribution is 0.197. The van der Waals surface area contributed by atoms with Crippen molar-refractivity contribution in [2.24, 2.45) is 0 Å². The Morgan fingerprint density at radius 1 is 1.53 bits per heavy atom. The molecule has 0 aliphatic carbocycles. The topological polar surface area (TPSA) is 88.9 Å². The Hall–Kier alpha value is -1.44. The molecule has 0 aromatic carbocycles. The van der Waals surface area contributed by atoms with Gasteiger partial charge in [0.25, 0.3) is 0 Å². The van der Waals surface area contributed by atoms with Crippen LogP contribution in [-0.4, -0.2) is 40.4 Å². The fraction of sp³-hybridized carbons (Fsp3) is 0.444. The van der Waals surface area contributed by atoms with Crippen molar-refractivity contribution >= 4 is 12.4 Å². The summed E-state index contributed by atoms with van der Waals surface area (Å²) in [5.74, 6) is 1.60. The SMILES string of the molecule is COCCNCc1nc(-c2ncc[nH]2)no1.Cl. The number of halogens is 1. The Labute approximate surface area is 104 Å². The molecule has 2 rings (SSSR count). The summed E-state index contributed by atoms with van der Waals surface area (Å²) in [7, 11) is 1.66. The van der Waals surface area contributed by atoms with Crippen molar-refractivity contribution in [3.63, 3.8) is 0 Å². The molecule has 0 fully saturated rings. The van der Waals surface area contributed by atoms with Crippen LogP contribution in [0.3, 0.4) is 0 Å². The predicted molar refractivity (Wildman–Crippen MR) is 62.7 cm³/mol. The smallest absolute Gasteiger partial charge is 0.241 e. The molecule has 17 heavy (non-hydrogen) atoms. The molecule has 2 aromatic rings. The lowest BCUT2D eigenvalue weighted by Gasteiger charge is -1.98. The molecular weight excluding hydrogens is 246 g/mol. The average molecular weight is 260 g/mol. The molecule has 0 radical (unpaired) electrons. The zero-order valence-corrected chi connectivity index (χ0v) is 10.2. The normalized spacial score (nSPS) is 10.2. The number of ether oxygens (including phenoxy) is 1. The van der Waals surface area contributed by atoms with Gasteiger partial charge in [0.15, 0.2) is 5.82 Å². The molecule has 7 nitrogen and oxygen atoms in total. The summed E-state index contributed by atoms with van der Waals surface area (Å²) in [6.45, 7) is 1.92. The molecular formula is C9H14ClN5O2. The predicted octanol–water partition coefficient (Wildman–Crippen LogP) is 0.617. The Balaban J connectivity index is 0.00000144. The zero-order chi connectivity index (χ0) is 11.2. The molecule has 0 aliphatic rings. The number of methoxy groups -OCH3 is 1. The molecule has 0 aliphatic heterocycles. The monoisotopic (exact) mass is 259 g/mol. The highest BCUT2D eigenvalue weighted by Crippen LogP contribution is 2.08. The van der Waals surface area contributed by atoms with Gasteiger partial charge in [0, 0.05) is 26.0 Å².